The average molecular weight is 388 g/mol. The summed E-state index contributed by atoms with van der Waals surface area (Å²) >= 11 is 0. The van der Waals surface area contributed by atoms with Crippen LogP contribution in [0.5, 0.6) is 5.75 Å². The van der Waals surface area contributed by atoms with Crippen molar-refractivity contribution in [3.05, 3.63) is 83.9 Å². The molecule has 1 heterocycles. The molecule has 0 unspecified atom stereocenters. The van der Waals surface area contributed by atoms with Gasteiger partial charge in [-0.05, 0) is 68.8 Å². The molecule has 29 heavy (non-hydrogen) atoms. The van der Waals surface area contributed by atoms with Crippen LogP contribution in [-0.4, -0.2) is 19.8 Å². The van der Waals surface area contributed by atoms with Crippen LogP contribution < -0.4 is 9.64 Å². The maximum Gasteiger partial charge on any atom is 0.119 e. The predicted octanol–water partition coefficient (Wildman–Crippen LogP) is 6.58. The summed E-state index contributed by atoms with van der Waals surface area (Å²) in [5.41, 5.74) is 6.10. The summed E-state index contributed by atoms with van der Waals surface area (Å²) < 4.78 is 11.5. The number of anilines is 3. The van der Waals surface area contributed by atoms with E-state index in [1.54, 1.807) is 0 Å². The molecule has 0 saturated carbocycles. The molecule has 0 radical (unpaired) electrons. The fourth-order valence-corrected chi connectivity index (χ4v) is 3.54. The Labute approximate surface area is 173 Å². The molecular formula is C26H29NO2. The number of ether oxygens (including phenoxy) is 2. The van der Waals surface area contributed by atoms with Gasteiger partial charge < -0.3 is 14.4 Å². The second-order valence-corrected chi connectivity index (χ2v) is 8.14. The Morgan fingerprint density at radius 1 is 0.759 bits per heavy atom. The normalized spacial score (nSPS) is 14.9. The molecule has 0 spiro atoms. The first-order valence-corrected chi connectivity index (χ1v) is 10.3. The van der Waals surface area contributed by atoms with Gasteiger partial charge >= 0.3 is 0 Å². The van der Waals surface area contributed by atoms with E-state index >= 15 is 0 Å². The highest BCUT2D eigenvalue weighted by atomic mass is 16.5. The van der Waals surface area contributed by atoms with Gasteiger partial charge in [-0.25, -0.2) is 0 Å². The van der Waals surface area contributed by atoms with Gasteiger partial charge in [0.15, 0.2) is 0 Å². The lowest BCUT2D eigenvalue weighted by atomic mass is 9.84. The van der Waals surface area contributed by atoms with Crippen LogP contribution in [0.1, 0.15) is 24.5 Å². The van der Waals surface area contributed by atoms with Gasteiger partial charge in [-0.15, -0.1) is 0 Å². The van der Waals surface area contributed by atoms with E-state index in [1.807, 2.05) is 0 Å². The van der Waals surface area contributed by atoms with Crippen molar-refractivity contribution in [1.82, 2.24) is 0 Å². The number of nitrogens with zero attached hydrogens (tertiary/aromatic N) is 1. The number of aryl methyl sites for hydroxylation is 2. The van der Waals surface area contributed by atoms with Crippen LogP contribution in [0.2, 0.25) is 0 Å². The molecule has 1 saturated heterocycles. The van der Waals surface area contributed by atoms with Crippen molar-refractivity contribution in [3.63, 3.8) is 0 Å². The molecule has 0 N–H and O–H groups in total. The van der Waals surface area contributed by atoms with Crippen molar-refractivity contribution >= 4 is 17.1 Å². The highest BCUT2D eigenvalue weighted by Gasteiger charge is 2.37. The Hall–Kier alpha value is -2.78. The van der Waals surface area contributed by atoms with Crippen molar-refractivity contribution in [2.75, 3.05) is 24.7 Å². The monoisotopic (exact) mass is 387 g/mol. The second-order valence-electron chi connectivity index (χ2n) is 8.14. The van der Waals surface area contributed by atoms with E-state index in [0.717, 1.165) is 42.4 Å². The molecule has 3 aromatic rings. The lowest BCUT2D eigenvalue weighted by Gasteiger charge is -2.40. The Morgan fingerprint density at radius 3 is 1.59 bits per heavy atom. The molecule has 3 nitrogen and oxygen atoms in total. The first-order chi connectivity index (χ1) is 14.1. The molecule has 1 aliphatic rings. The number of hydrogen-bond donors (Lipinski definition) is 0. The second kappa shape index (κ2) is 8.30. The highest BCUT2D eigenvalue weighted by Crippen LogP contribution is 2.36. The highest BCUT2D eigenvalue weighted by molar-refractivity contribution is 5.76. The van der Waals surface area contributed by atoms with E-state index in [9.17, 15) is 0 Å². The maximum atomic E-state index is 6.08. The topological polar surface area (TPSA) is 21.7 Å². The first kappa shape index (κ1) is 19.5. The van der Waals surface area contributed by atoms with Crippen molar-refractivity contribution in [2.45, 2.75) is 27.2 Å². The molecule has 0 amide bonds. The van der Waals surface area contributed by atoms with Gasteiger partial charge in [0, 0.05) is 17.1 Å². The van der Waals surface area contributed by atoms with Crippen LogP contribution in [0.3, 0.4) is 0 Å². The minimum absolute atomic E-state index is 0.189. The zero-order valence-corrected chi connectivity index (χ0v) is 17.5. The molecule has 3 heteroatoms. The Morgan fingerprint density at radius 2 is 1.21 bits per heavy atom. The lowest BCUT2D eigenvalue weighted by molar-refractivity contribution is -0.133. The SMILES string of the molecule is CCC1(COc2ccc(N(c3ccc(C)cc3)c3ccc(C)cc3)cc2)COC1. The fourth-order valence-electron chi connectivity index (χ4n) is 3.54. The van der Waals surface area contributed by atoms with E-state index in [1.165, 1.54) is 11.1 Å². The summed E-state index contributed by atoms with van der Waals surface area (Å²) in [4.78, 5) is 2.27. The van der Waals surface area contributed by atoms with Crippen LogP contribution in [0, 0.1) is 19.3 Å². The number of hydrogen-bond acceptors (Lipinski definition) is 3. The minimum atomic E-state index is 0.189. The summed E-state index contributed by atoms with van der Waals surface area (Å²) in [6.07, 6.45) is 1.08. The van der Waals surface area contributed by atoms with Gasteiger partial charge in [0.2, 0.25) is 0 Å². The van der Waals surface area contributed by atoms with Crippen molar-refractivity contribution in [2.24, 2.45) is 5.41 Å². The van der Waals surface area contributed by atoms with Crippen LogP contribution in [-0.2, 0) is 4.74 Å². The van der Waals surface area contributed by atoms with Gasteiger partial charge in [-0.1, -0.05) is 42.3 Å². The van der Waals surface area contributed by atoms with Crippen molar-refractivity contribution in [3.8, 4) is 5.75 Å². The van der Waals surface area contributed by atoms with Crippen LogP contribution in [0.15, 0.2) is 72.8 Å². The van der Waals surface area contributed by atoms with Crippen LogP contribution >= 0.6 is 0 Å². The van der Waals surface area contributed by atoms with Gasteiger partial charge in [0.05, 0.1) is 25.2 Å². The minimum Gasteiger partial charge on any atom is -0.493 e. The summed E-state index contributed by atoms with van der Waals surface area (Å²) in [6.45, 7) is 8.75. The zero-order valence-electron chi connectivity index (χ0n) is 17.5. The van der Waals surface area contributed by atoms with Crippen LogP contribution in [0.4, 0.5) is 17.1 Å². The molecule has 0 bridgehead atoms. The molecule has 0 aliphatic carbocycles. The molecule has 3 aromatic carbocycles. The third kappa shape index (κ3) is 4.30. The molecule has 0 aromatic heterocycles. The summed E-state index contributed by atoms with van der Waals surface area (Å²) in [7, 11) is 0. The third-order valence-corrected chi connectivity index (χ3v) is 5.79. The molecule has 0 atom stereocenters. The van der Waals surface area contributed by atoms with Gasteiger partial charge in [-0.2, -0.15) is 0 Å². The first-order valence-electron chi connectivity index (χ1n) is 10.3. The quantitative estimate of drug-likeness (QED) is 0.457. The smallest absolute Gasteiger partial charge is 0.119 e. The van der Waals surface area contributed by atoms with E-state index in [2.05, 4.69) is 98.5 Å². The van der Waals surface area contributed by atoms with E-state index in [4.69, 9.17) is 9.47 Å². The molecule has 1 fully saturated rings. The largest absolute Gasteiger partial charge is 0.493 e. The Bertz CT molecular complexity index is 875. The lowest BCUT2D eigenvalue weighted by Crippen LogP contribution is -2.46. The number of rotatable bonds is 7. The van der Waals surface area contributed by atoms with Gasteiger partial charge in [-0.3, -0.25) is 0 Å². The van der Waals surface area contributed by atoms with Crippen LogP contribution in [0.25, 0.3) is 0 Å². The maximum absolute atomic E-state index is 6.08. The standard InChI is InChI=1S/C26H29NO2/c1-4-26(17-28-18-26)19-29-25-15-13-24(14-16-25)27(22-9-5-20(2)6-10-22)23-11-7-21(3)8-12-23/h5-16H,4,17-19H2,1-3H3. The summed E-state index contributed by atoms with van der Waals surface area (Å²) in [5.74, 6) is 0.904. The van der Waals surface area contributed by atoms with E-state index < -0.39 is 0 Å². The number of benzene rings is 3. The van der Waals surface area contributed by atoms with Gasteiger partial charge in [0.1, 0.15) is 5.75 Å². The molecular weight excluding hydrogens is 358 g/mol. The zero-order chi connectivity index (χ0) is 20.3. The summed E-state index contributed by atoms with van der Waals surface area (Å²) in [5, 5.41) is 0. The Balaban J connectivity index is 1.58. The average Bonchev–Trinajstić information content (AvgIpc) is 2.72. The van der Waals surface area contributed by atoms with Crippen molar-refractivity contribution in [1.29, 1.82) is 0 Å². The molecule has 1 aliphatic heterocycles. The van der Waals surface area contributed by atoms with Gasteiger partial charge in [0.25, 0.3) is 0 Å². The fraction of sp³-hybridized carbons (Fsp3) is 0.308. The molecule has 4 rings (SSSR count). The predicted molar refractivity (Wildman–Crippen MR) is 120 cm³/mol. The Kier molecular flexibility index (Phi) is 5.59. The third-order valence-electron chi connectivity index (χ3n) is 5.79. The van der Waals surface area contributed by atoms with E-state index in [0.29, 0.717) is 6.61 Å². The van der Waals surface area contributed by atoms with Crippen molar-refractivity contribution < 1.29 is 9.47 Å². The summed E-state index contributed by atoms with van der Waals surface area (Å²) in [6, 6.07) is 25.7. The van der Waals surface area contributed by atoms with E-state index in [-0.39, 0.29) is 5.41 Å². The molecule has 150 valence electrons.